The first-order chi connectivity index (χ1) is 12.5. The minimum Gasteiger partial charge on any atom is -0.410 e. The van der Waals surface area contributed by atoms with Gasteiger partial charge in [0.05, 0.1) is 21.1 Å². The van der Waals surface area contributed by atoms with E-state index >= 15 is 0 Å². The fraction of sp³-hybridized carbons (Fsp3) is 0.556. The second-order valence-corrected chi connectivity index (χ2v) is 5.90. The summed E-state index contributed by atoms with van der Waals surface area (Å²) in [5, 5.41) is 8.27. The fourth-order valence-electron chi connectivity index (χ4n) is 2.35. The third kappa shape index (κ3) is 8.35. The Balaban J connectivity index is 2.25. The van der Waals surface area contributed by atoms with E-state index in [0.717, 1.165) is 23.2 Å². The fourth-order valence-corrected chi connectivity index (χ4v) is 2.35. The lowest BCUT2D eigenvalue weighted by Crippen LogP contribution is -2.33. The van der Waals surface area contributed by atoms with Gasteiger partial charge < -0.3 is 25.4 Å². The number of rotatable bonds is 11. The quantitative estimate of drug-likeness (QED) is 0.401. The zero-order valence-corrected chi connectivity index (χ0v) is 15.8. The van der Waals surface area contributed by atoms with Crippen molar-refractivity contribution in [3.63, 3.8) is 0 Å². The molecule has 0 aliphatic carbocycles. The van der Waals surface area contributed by atoms with Crippen molar-refractivity contribution in [3.8, 4) is 5.75 Å². The zero-order valence-electron chi connectivity index (χ0n) is 15.8. The second-order valence-electron chi connectivity index (χ2n) is 5.90. The van der Waals surface area contributed by atoms with Gasteiger partial charge in [-0.2, -0.15) is 0 Å². The van der Waals surface area contributed by atoms with E-state index in [0.29, 0.717) is 31.8 Å². The highest BCUT2D eigenvalue weighted by atomic mass is 16.6. The van der Waals surface area contributed by atoms with Gasteiger partial charge in [0.2, 0.25) is 5.91 Å². The van der Waals surface area contributed by atoms with Gasteiger partial charge in [0.15, 0.2) is 0 Å². The number of benzene rings is 1. The molecule has 0 aliphatic heterocycles. The van der Waals surface area contributed by atoms with Crippen LogP contribution in [0.2, 0.25) is 0 Å². The summed E-state index contributed by atoms with van der Waals surface area (Å²) in [6.07, 6.45) is 0.0272. The molecule has 1 rings (SSSR count). The van der Waals surface area contributed by atoms with Crippen molar-refractivity contribution >= 4 is 19.8 Å². The number of carbonyl (C=O) groups excluding carboxylic acids is 2. The first-order valence-electron chi connectivity index (χ1n) is 8.72. The molecule has 0 heterocycles. The van der Waals surface area contributed by atoms with Gasteiger partial charge >= 0.3 is 6.09 Å². The average Bonchev–Trinajstić information content (AvgIpc) is 2.60. The van der Waals surface area contributed by atoms with Crippen LogP contribution in [-0.2, 0) is 15.9 Å². The molecule has 0 saturated heterocycles. The Labute approximate surface area is 156 Å². The standard InChI is InChI=1S/C18H28BN3O4/c1-13-10-15(12-19)11-14(2)17(13)26-18(24)22-5-4-16(23)21-7-9-25-8-6-20-3/h10-11,20H,4-9,12H2,1-3H3,(H,21,23)(H,22,24). The van der Waals surface area contributed by atoms with Crippen molar-refractivity contribution in [1.29, 1.82) is 0 Å². The molecule has 2 amide bonds. The SMILES string of the molecule is [B]Cc1cc(C)c(OC(=O)NCCC(=O)NCCOCCNC)c(C)c1. The minimum absolute atomic E-state index is 0.151. The number of carbonyl (C=O) groups is 2. The zero-order chi connectivity index (χ0) is 19.4. The number of ether oxygens (including phenoxy) is 2. The van der Waals surface area contributed by atoms with E-state index < -0.39 is 6.09 Å². The van der Waals surface area contributed by atoms with Crippen molar-refractivity contribution < 1.29 is 19.1 Å². The number of aryl methyl sites for hydroxylation is 2. The molecule has 0 unspecified atom stereocenters. The van der Waals surface area contributed by atoms with E-state index in [2.05, 4.69) is 16.0 Å². The third-order valence-electron chi connectivity index (χ3n) is 3.64. The van der Waals surface area contributed by atoms with Gasteiger partial charge in [-0.05, 0) is 32.0 Å². The topological polar surface area (TPSA) is 88.7 Å². The van der Waals surface area contributed by atoms with Crippen LogP contribution in [0.25, 0.3) is 0 Å². The van der Waals surface area contributed by atoms with E-state index in [1.807, 2.05) is 33.0 Å². The molecule has 142 valence electrons. The maximum absolute atomic E-state index is 11.9. The molecule has 26 heavy (non-hydrogen) atoms. The van der Waals surface area contributed by atoms with Gasteiger partial charge in [-0.3, -0.25) is 4.79 Å². The molecule has 0 atom stereocenters. The van der Waals surface area contributed by atoms with E-state index in [-0.39, 0.29) is 18.9 Å². The molecular formula is C18H28BN3O4. The summed E-state index contributed by atoms with van der Waals surface area (Å²) in [6, 6.07) is 3.78. The lowest BCUT2D eigenvalue weighted by molar-refractivity contribution is -0.121. The summed E-state index contributed by atoms with van der Waals surface area (Å²) in [7, 11) is 7.48. The lowest BCUT2D eigenvalue weighted by Gasteiger charge is -2.13. The maximum Gasteiger partial charge on any atom is 0.412 e. The number of likely N-dealkylation sites (N-methyl/N-ethyl adjacent to an activating group) is 1. The highest BCUT2D eigenvalue weighted by Gasteiger charge is 2.11. The molecular weight excluding hydrogens is 333 g/mol. The minimum atomic E-state index is -0.583. The van der Waals surface area contributed by atoms with Crippen LogP contribution in [0, 0.1) is 13.8 Å². The normalized spacial score (nSPS) is 10.4. The Morgan fingerprint density at radius 3 is 2.31 bits per heavy atom. The molecule has 0 aliphatic rings. The lowest BCUT2D eigenvalue weighted by atomic mass is 9.94. The van der Waals surface area contributed by atoms with E-state index in [1.54, 1.807) is 0 Å². The number of amides is 2. The van der Waals surface area contributed by atoms with Crippen LogP contribution < -0.4 is 20.7 Å². The summed E-state index contributed by atoms with van der Waals surface area (Å²) in [4.78, 5) is 23.6. The van der Waals surface area contributed by atoms with Gasteiger partial charge in [-0.25, -0.2) is 4.79 Å². The Morgan fingerprint density at radius 1 is 1.04 bits per heavy atom. The van der Waals surface area contributed by atoms with Gasteiger partial charge in [0.1, 0.15) is 5.75 Å². The Hall–Kier alpha value is -2.06. The van der Waals surface area contributed by atoms with Gasteiger partial charge in [-0.1, -0.05) is 24.0 Å². The second kappa shape index (κ2) is 12.3. The molecule has 7 nitrogen and oxygen atoms in total. The Morgan fingerprint density at radius 2 is 1.69 bits per heavy atom. The first kappa shape index (κ1) is 22.0. The summed E-state index contributed by atoms with van der Waals surface area (Å²) in [5.74, 6) is 0.366. The van der Waals surface area contributed by atoms with Crippen LogP contribution in [0.4, 0.5) is 4.79 Å². The molecule has 0 fully saturated rings. The van der Waals surface area contributed by atoms with Crippen molar-refractivity contribution in [2.45, 2.75) is 26.6 Å². The number of hydrogen-bond donors (Lipinski definition) is 3. The van der Waals surface area contributed by atoms with E-state index in [9.17, 15) is 9.59 Å². The van der Waals surface area contributed by atoms with Crippen LogP contribution in [-0.4, -0.2) is 59.7 Å². The van der Waals surface area contributed by atoms with Crippen LogP contribution in [0.1, 0.15) is 23.1 Å². The largest absolute Gasteiger partial charge is 0.412 e. The van der Waals surface area contributed by atoms with Crippen molar-refractivity contribution in [2.24, 2.45) is 0 Å². The van der Waals surface area contributed by atoms with E-state index in [4.69, 9.17) is 17.3 Å². The molecule has 8 heteroatoms. The monoisotopic (exact) mass is 361 g/mol. The van der Waals surface area contributed by atoms with Crippen molar-refractivity contribution in [1.82, 2.24) is 16.0 Å². The Bertz CT molecular complexity index is 573. The smallest absolute Gasteiger partial charge is 0.410 e. The summed E-state index contributed by atoms with van der Waals surface area (Å²) >= 11 is 0. The molecule has 2 radical (unpaired) electrons. The molecule has 3 N–H and O–H groups in total. The van der Waals surface area contributed by atoms with E-state index in [1.165, 1.54) is 0 Å². The first-order valence-corrected chi connectivity index (χ1v) is 8.72. The summed E-state index contributed by atoms with van der Waals surface area (Å²) in [6.45, 7) is 6.20. The number of hydrogen-bond acceptors (Lipinski definition) is 5. The Kier molecular flexibility index (Phi) is 10.4. The predicted octanol–water partition coefficient (Wildman–Crippen LogP) is 0.803. The molecule has 0 saturated carbocycles. The molecule has 0 bridgehead atoms. The van der Waals surface area contributed by atoms with Crippen LogP contribution in [0.5, 0.6) is 5.75 Å². The third-order valence-corrected chi connectivity index (χ3v) is 3.64. The number of nitrogens with one attached hydrogen (secondary N) is 3. The predicted molar refractivity (Wildman–Crippen MR) is 102 cm³/mol. The van der Waals surface area contributed by atoms with Crippen LogP contribution in [0.15, 0.2) is 12.1 Å². The van der Waals surface area contributed by atoms with Crippen molar-refractivity contribution in [2.75, 3.05) is 39.9 Å². The molecule has 1 aromatic carbocycles. The van der Waals surface area contributed by atoms with Crippen LogP contribution >= 0.6 is 0 Å². The summed E-state index contributed by atoms with van der Waals surface area (Å²) in [5.41, 5.74) is 2.67. The maximum atomic E-state index is 11.9. The average molecular weight is 361 g/mol. The van der Waals surface area contributed by atoms with Crippen LogP contribution in [0.3, 0.4) is 0 Å². The highest BCUT2D eigenvalue weighted by Crippen LogP contribution is 2.24. The highest BCUT2D eigenvalue weighted by molar-refractivity contribution is 6.08. The molecule has 1 aromatic rings. The van der Waals surface area contributed by atoms with Gasteiger partial charge in [0, 0.05) is 26.1 Å². The summed E-state index contributed by atoms with van der Waals surface area (Å²) < 4.78 is 10.6. The van der Waals surface area contributed by atoms with Gasteiger partial charge in [0.25, 0.3) is 0 Å². The van der Waals surface area contributed by atoms with Gasteiger partial charge in [-0.15, -0.1) is 0 Å². The molecule has 0 spiro atoms. The molecule has 0 aromatic heterocycles. The van der Waals surface area contributed by atoms with Crippen molar-refractivity contribution in [3.05, 3.63) is 28.8 Å².